The van der Waals surface area contributed by atoms with Gasteiger partial charge in [0.25, 0.3) is 0 Å². The van der Waals surface area contributed by atoms with E-state index in [1.54, 1.807) is 6.20 Å². The number of nitrogens with zero attached hydrogens (tertiary/aromatic N) is 2. The Bertz CT molecular complexity index is 313. The van der Waals surface area contributed by atoms with Crippen molar-refractivity contribution >= 4 is 0 Å². The molecule has 1 aliphatic heterocycles. The van der Waals surface area contributed by atoms with Crippen molar-refractivity contribution in [2.24, 2.45) is 0 Å². The van der Waals surface area contributed by atoms with Gasteiger partial charge in [-0.15, -0.1) is 5.10 Å². The molecule has 0 aromatic carbocycles. The van der Waals surface area contributed by atoms with Gasteiger partial charge in [-0.2, -0.15) is 5.10 Å². The first-order chi connectivity index (χ1) is 7.34. The van der Waals surface area contributed by atoms with Gasteiger partial charge in [0.15, 0.2) is 0 Å². The Labute approximate surface area is 88.8 Å². The number of rotatable bonds is 3. The van der Waals surface area contributed by atoms with Crippen molar-refractivity contribution in [3.05, 3.63) is 17.8 Å². The van der Waals surface area contributed by atoms with Crippen molar-refractivity contribution in [3.8, 4) is 5.88 Å². The Morgan fingerprint density at radius 1 is 1.67 bits per heavy atom. The quantitative estimate of drug-likeness (QED) is 0.768. The molecule has 1 saturated heterocycles. The van der Waals surface area contributed by atoms with E-state index in [-0.39, 0.29) is 6.10 Å². The third kappa shape index (κ3) is 3.14. The first-order valence-corrected chi connectivity index (χ1v) is 5.09. The summed E-state index contributed by atoms with van der Waals surface area (Å²) in [5.41, 5.74) is 1.04. The highest BCUT2D eigenvalue weighted by atomic mass is 16.5. The van der Waals surface area contributed by atoms with Crippen molar-refractivity contribution in [2.75, 3.05) is 26.3 Å². The van der Waals surface area contributed by atoms with Crippen molar-refractivity contribution < 1.29 is 9.47 Å². The van der Waals surface area contributed by atoms with Gasteiger partial charge in [0, 0.05) is 19.2 Å². The zero-order chi connectivity index (χ0) is 10.5. The number of hydrogen-bond donors (Lipinski definition) is 1. The Balaban J connectivity index is 1.81. The molecule has 1 aliphatic rings. The molecule has 1 aromatic heterocycles. The van der Waals surface area contributed by atoms with Crippen molar-refractivity contribution in [1.82, 2.24) is 15.5 Å². The Hall–Kier alpha value is -1.20. The third-order valence-corrected chi connectivity index (χ3v) is 2.19. The van der Waals surface area contributed by atoms with E-state index in [0.717, 1.165) is 25.3 Å². The third-order valence-electron chi connectivity index (χ3n) is 2.19. The fourth-order valence-electron chi connectivity index (χ4n) is 1.41. The lowest BCUT2D eigenvalue weighted by Gasteiger charge is -2.23. The fourth-order valence-corrected chi connectivity index (χ4v) is 1.41. The van der Waals surface area contributed by atoms with Crippen LogP contribution < -0.4 is 10.1 Å². The molecule has 5 heteroatoms. The minimum Gasteiger partial charge on any atom is -0.474 e. The van der Waals surface area contributed by atoms with Crippen LogP contribution in [0, 0.1) is 6.92 Å². The SMILES string of the molecule is Cc1cnnc(OCC2CNCCO2)c1. The summed E-state index contributed by atoms with van der Waals surface area (Å²) in [4.78, 5) is 0. The van der Waals surface area contributed by atoms with E-state index >= 15 is 0 Å². The molecule has 1 unspecified atom stereocenters. The number of nitrogens with one attached hydrogen (secondary N) is 1. The molecule has 15 heavy (non-hydrogen) atoms. The molecule has 1 aromatic rings. The van der Waals surface area contributed by atoms with E-state index in [4.69, 9.17) is 9.47 Å². The number of aryl methyl sites for hydroxylation is 1. The Morgan fingerprint density at radius 2 is 2.60 bits per heavy atom. The minimum atomic E-state index is 0.112. The van der Waals surface area contributed by atoms with E-state index in [1.807, 2.05) is 13.0 Å². The second-order valence-electron chi connectivity index (χ2n) is 3.58. The second-order valence-corrected chi connectivity index (χ2v) is 3.58. The Morgan fingerprint density at radius 3 is 3.33 bits per heavy atom. The van der Waals surface area contributed by atoms with Crippen LogP contribution in [0.25, 0.3) is 0 Å². The highest BCUT2D eigenvalue weighted by Crippen LogP contribution is 2.07. The van der Waals surface area contributed by atoms with Crippen molar-refractivity contribution in [3.63, 3.8) is 0 Å². The van der Waals surface area contributed by atoms with Gasteiger partial charge in [0.2, 0.25) is 5.88 Å². The molecule has 0 spiro atoms. The van der Waals surface area contributed by atoms with E-state index in [0.29, 0.717) is 12.5 Å². The molecule has 0 saturated carbocycles. The first-order valence-electron chi connectivity index (χ1n) is 5.09. The largest absolute Gasteiger partial charge is 0.474 e. The first kappa shape index (κ1) is 10.3. The van der Waals surface area contributed by atoms with E-state index in [9.17, 15) is 0 Å². The molecule has 1 N–H and O–H groups in total. The summed E-state index contributed by atoms with van der Waals surface area (Å²) in [5.74, 6) is 0.559. The maximum atomic E-state index is 5.49. The fraction of sp³-hybridized carbons (Fsp3) is 0.600. The summed E-state index contributed by atoms with van der Waals surface area (Å²) in [6.45, 7) is 4.97. The molecule has 2 heterocycles. The molecular formula is C10H15N3O2. The van der Waals surface area contributed by atoms with Crippen LogP contribution in [-0.4, -0.2) is 42.6 Å². The van der Waals surface area contributed by atoms with Gasteiger partial charge in [0.1, 0.15) is 12.7 Å². The van der Waals surface area contributed by atoms with Crippen LogP contribution in [-0.2, 0) is 4.74 Å². The summed E-state index contributed by atoms with van der Waals surface area (Å²) >= 11 is 0. The minimum absolute atomic E-state index is 0.112. The van der Waals surface area contributed by atoms with Gasteiger partial charge in [-0.3, -0.25) is 0 Å². The maximum absolute atomic E-state index is 5.49. The van der Waals surface area contributed by atoms with Crippen LogP contribution in [0.2, 0.25) is 0 Å². The smallest absolute Gasteiger partial charge is 0.233 e. The highest BCUT2D eigenvalue weighted by molar-refractivity contribution is 5.14. The van der Waals surface area contributed by atoms with Gasteiger partial charge >= 0.3 is 0 Å². The molecule has 0 radical (unpaired) electrons. The molecule has 0 amide bonds. The topological polar surface area (TPSA) is 56.3 Å². The molecule has 1 fully saturated rings. The molecule has 0 aliphatic carbocycles. The lowest BCUT2D eigenvalue weighted by molar-refractivity contribution is -0.000945. The number of morpholine rings is 1. The Kier molecular flexibility index (Phi) is 3.47. The van der Waals surface area contributed by atoms with Gasteiger partial charge in [0.05, 0.1) is 12.8 Å². The van der Waals surface area contributed by atoms with Crippen LogP contribution in [0.1, 0.15) is 5.56 Å². The lowest BCUT2D eigenvalue weighted by atomic mass is 10.3. The van der Waals surface area contributed by atoms with Gasteiger partial charge in [-0.1, -0.05) is 0 Å². The number of hydrogen-bond acceptors (Lipinski definition) is 5. The average Bonchev–Trinajstić information content (AvgIpc) is 2.28. The van der Waals surface area contributed by atoms with Crippen LogP contribution in [0.4, 0.5) is 0 Å². The maximum Gasteiger partial charge on any atom is 0.233 e. The zero-order valence-corrected chi connectivity index (χ0v) is 8.77. The lowest BCUT2D eigenvalue weighted by Crippen LogP contribution is -2.41. The number of ether oxygens (including phenoxy) is 2. The van der Waals surface area contributed by atoms with Crippen molar-refractivity contribution in [2.45, 2.75) is 13.0 Å². The molecule has 2 rings (SSSR count). The summed E-state index contributed by atoms with van der Waals surface area (Å²) in [5, 5.41) is 10.9. The zero-order valence-electron chi connectivity index (χ0n) is 8.77. The van der Waals surface area contributed by atoms with Gasteiger partial charge in [-0.05, 0) is 12.5 Å². The predicted octanol–water partition coefficient (Wildman–Crippen LogP) is 0.152. The molecule has 82 valence electrons. The normalized spacial score (nSPS) is 21.3. The predicted molar refractivity (Wildman–Crippen MR) is 54.9 cm³/mol. The van der Waals surface area contributed by atoms with E-state index in [2.05, 4.69) is 15.5 Å². The van der Waals surface area contributed by atoms with E-state index in [1.165, 1.54) is 0 Å². The van der Waals surface area contributed by atoms with Crippen molar-refractivity contribution in [1.29, 1.82) is 0 Å². The summed E-state index contributed by atoms with van der Waals surface area (Å²) in [6.07, 6.45) is 1.81. The highest BCUT2D eigenvalue weighted by Gasteiger charge is 2.14. The molecule has 1 atom stereocenters. The molecule has 0 bridgehead atoms. The molecular weight excluding hydrogens is 194 g/mol. The summed E-state index contributed by atoms with van der Waals surface area (Å²) in [6, 6.07) is 1.86. The van der Waals surface area contributed by atoms with Crippen LogP contribution in [0.15, 0.2) is 12.3 Å². The monoisotopic (exact) mass is 209 g/mol. The summed E-state index contributed by atoms with van der Waals surface area (Å²) < 4.78 is 11.0. The van der Waals surface area contributed by atoms with Crippen LogP contribution >= 0.6 is 0 Å². The summed E-state index contributed by atoms with van der Waals surface area (Å²) in [7, 11) is 0. The van der Waals surface area contributed by atoms with Gasteiger partial charge < -0.3 is 14.8 Å². The van der Waals surface area contributed by atoms with Gasteiger partial charge in [-0.25, -0.2) is 0 Å². The van der Waals surface area contributed by atoms with E-state index < -0.39 is 0 Å². The standard InChI is InChI=1S/C10H15N3O2/c1-8-4-10(13-12-5-8)15-7-9-6-11-2-3-14-9/h4-5,9,11H,2-3,6-7H2,1H3. The van der Waals surface area contributed by atoms with Crippen LogP contribution in [0.3, 0.4) is 0 Å². The van der Waals surface area contributed by atoms with Crippen LogP contribution in [0.5, 0.6) is 5.88 Å². The second kappa shape index (κ2) is 5.04. The average molecular weight is 209 g/mol. The molecule has 5 nitrogen and oxygen atoms in total. The number of aromatic nitrogens is 2.